The zero-order valence-corrected chi connectivity index (χ0v) is 11.2. The molecule has 0 radical (unpaired) electrons. The lowest BCUT2D eigenvalue weighted by atomic mass is 10.1. The molecule has 1 aromatic carbocycles. The normalized spacial score (nSPS) is 13.1. The lowest BCUT2D eigenvalue weighted by molar-refractivity contribution is -0.145. The van der Waals surface area contributed by atoms with Gasteiger partial charge >= 0.3 is 5.97 Å². The van der Waals surface area contributed by atoms with E-state index in [2.05, 4.69) is 5.16 Å². The number of oxime groups is 1. The molecule has 0 saturated heterocycles. The maximum Gasteiger partial charge on any atom is 0.344 e. The van der Waals surface area contributed by atoms with E-state index in [1.807, 2.05) is 6.92 Å². The number of benzene rings is 1. The second-order valence-corrected chi connectivity index (χ2v) is 4.17. The Balaban J connectivity index is 2.78. The average molecular weight is 265 g/mol. The first-order valence-electron chi connectivity index (χ1n) is 6.33. The maximum atomic E-state index is 10.9. The fraction of sp³-hybridized carbons (Fsp3) is 0.429. The molecule has 104 valence electrons. The molecule has 0 spiro atoms. The highest BCUT2D eigenvalue weighted by molar-refractivity contribution is 6.00. The van der Waals surface area contributed by atoms with E-state index in [1.54, 1.807) is 31.2 Å². The summed E-state index contributed by atoms with van der Waals surface area (Å²) in [6.45, 7) is 3.76. The molecule has 0 heterocycles. The molecule has 0 saturated carbocycles. The number of rotatable bonds is 7. The summed E-state index contributed by atoms with van der Waals surface area (Å²) in [4.78, 5) is 10.9. The Morgan fingerprint density at radius 2 is 1.95 bits per heavy atom. The minimum absolute atomic E-state index is 0.399. The lowest BCUT2D eigenvalue weighted by Gasteiger charge is -2.13. The van der Waals surface area contributed by atoms with Crippen LogP contribution in [0.4, 0.5) is 0 Å². The minimum atomic E-state index is -0.977. The molecule has 0 aromatic heterocycles. The first-order valence-corrected chi connectivity index (χ1v) is 6.33. The first-order chi connectivity index (χ1) is 9.12. The van der Waals surface area contributed by atoms with Gasteiger partial charge in [-0.25, -0.2) is 4.79 Å². The predicted octanol–water partition coefficient (Wildman–Crippen LogP) is 2.91. The summed E-state index contributed by atoms with van der Waals surface area (Å²) in [5, 5.41) is 21.1. The molecule has 1 atom stereocenters. The fourth-order valence-corrected chi connectivity index (χ4v) is 1.69. The van der Waals surface area contributed by atoms with Crippen molar-refractivity contribution in [1.29, 1.82) is 0 Å². The van der Waals surface area contributed by atoms with Gasteiger partial charge in [-0.3, -0.25) is 0 Å². The molecular weight excluding hydrogens is 246 g/mol. The highest BCUT2D eigenvalue weighted by atomic mass is 16.5. The van der Waals surface area contributed by atoms with Gasteiger partial charge in [-0.2, -0.15) is 0 Å². The Morgan fingerprint density at radius 1 is 1.32 bits per heavy atom. The highest BCUT2D eigenvalue weighted by Gasteiger charge is 2.16. The minimum Gasteiger partial charge on any atom is -0.479 e. The van der Waals surface area contributed by atoms with Crippen LogP contribution in [0.25, 0.3) is 0 Å². The molecule has 1 aromatic rings. The molecule has 0 aliphatic heterocycles. The first kappa shape index (κ1) is 15.0. The van der Waals surface area contributed by atoms with Gasteiger partial charge in [-0.15, -0.1) is 0 Å². The van der Waals surface area contributed by atoms with E-state index in [-0.39, 0.29) is 0 Å². The Bertz CT molecular complexity index is 439. The number of ether oxygens (including phenoxy) is 1. The molecule has 19 heavy (non-hydrogen) atoms. The van der Waals surface area contributed by atoms with Gasteiger partial charge in [0.2, 0.25) is 0 Å². The van der Waals surface area contributed by atoms with Crippen molar-refractivity contribution < 1.29 is 19.8 Å². The van der Waals surface area contributed by atoms with Crippen LogP contribution < -0.4 is 4.74 Å². The van der Waals surface area contributed by atoms with Crippen molar-refractivity contribution in [2.75, 3.05) is 0 Å². The van der Waals surface area contributed by atoms with Crippen LogP contribution in [0.3, 0.4) is 0 Å². The third-order valence-electron chi connectivity index (χ3n) is 2.72. The van der Waals surface area contributed by atoms with Crippen LogP contribution in [0.1, 0.15) is 38.7 Å². The SMILES string of the molecule is CCC/C(=N/O)c1ccc(OC(CC)C(=O)O)cc1. The average Bonchev–Trinajstić information content (AvgIpc) is 2.42. The Kier molecular flexibility index (Phi) is 5.85. The van der Waals surface area contributed by atoms with Gasteiger partial charge in [-0.05, 0) is 42.7 Å². The van der Waals surface area contributed by atoms with E-state index in [1.165, 1.54) is 0 Å². The van der Waals surface area contributed by atoms with E-state index in [4.69, 9.17) is 15.1 Å². The van der Waals surface area contributed by atoms with Gasteiger partial charge in [0.05, 0.1) is 5.71 Å². The van der Waals surface area contributed by atoms with Crippen molar-refractivity contribution in [3.63, 3.8) is 0 Å². The molecule has 0 aliphatic rings. The van der Waals surface area contributed by atoms with E-state index in [9.17, 15) is 4.79 Å². The molecule has 1 rings (SSSR count). The number of carboxylic acids is 1. The topological polar surface area (TPSA) is 79.1 Å². The fourth-order valence-electron chi connectivity index (χ4n) is 1.69. The van der Waals surface area contributed by atoms with E-state index in [0.717, 1.165) is 12.0 Å². The zero-order chi connectivity index (χ0) is 14.3. The van der Waals surface area contributed by atoms with Crippen molar-refractivity contribution in [1.82, 2.24) is 0 Å². The highest BCUT2D eigenvalue weighted by Crippen LogP contribution is 2.17. The summed E-state index contributed by atoms with van der Waals surface area (Å²) in [6.07, 6.45) is 1.13. The lowest BCUT2D eigenvalue weighted by Crippen LogP contribution is -2.25. The van der Waals surface area contributed by atoms with Crippen LogP contribution in [0.2, 0.25) is 0 Å². The van der Waals surface area contributed by atoms with Gasteiger partial charge in [0.1, 0.15) is 5.75 Å². The number of nitrogens with zero attached hydrogens (tertiary/aromatic N) is 1. The molecule has 5 heteroatoms. The van der Waals surface area contributed by atoms with Crippen molar-refractivity contribution in [2.45, 2.75) is 39.2 Å². The summed E-state index contributed by atoms with van der Waals surface area (Å²) in [7, 11) is 0. The summed E-state index contributed by atoms with van der Waals surface area (Å²) < 4.78 is 5.35. The summed E-state index contributed by atoms with van der Waals surface area (Å²) in [5.41, 5.74) is 1.42. The van der Waals surface area contributed by atoms with Crippen molar-refractivity contribution in [3.05, 3.63) is 29.8 Å². The molecule has 0 fully saturated rings. The third kappa shape index (κ3) is 4.28. The quantitative estimate of drug-likeness (QED) is 0.451. The number of hydrogen-bond donors (Lipinski definition) is 2. The number of carboxylic acid groups (broad SMARTS) is 1. The zero-order valence-electron chi connectivity index (χ0n) is 11.2. The maximum absolute atomic E-state index is 10.9. The van der Waals surface area contributed by atoms with Crippen LogP contribution in [0, 0.1) is 0 Å². The van der Waals surface area contributed by atoms with Crippen LogP contribution in [-0.4, -0.2) is 28.1 Å². The number of carbonyl (C=O) groups is 1. The number of aliphatic carboxylic acids is 1. The molecule has 0 bridgehead atoms. The smallest absolute Gasteiger partial charge is 0.344 e. The van der Waals surface area contributed by atoms with Gasteiger partial charge in [0, 0.05) is 0 Å². The Labute approximate surface area is 112 Å². The summed E-state index contributed by atoms with van der Waals surface area (Å²) in [5.74, 6) is -0.484. The largest absolute Gasteiger partial charge is 0.479 e. The monoisotopic (exact) mass is 265 g/mol. The molecule has 1 unspecified atom stereocenters. The van der Waals surface area contributed by atoms with Gasteiger partial charge in [0.15, 0.2) is 6.10 Å². The second-order valence-electron chi connectivity index (χ2n) is 4.17. The Morgan fingerprint density at radius 3 is 2.37 bits per heavy atom. The molecular formula is C14H19NO4. The standard InChI is InChI=1S/C14H19NO4/c1-3-5-12(15-18)10-6-8-11(9-7-10)19-13(4-2)14(16)17/h6-9,13,18H,3-5H2,1-2H3,(H,16,17)/b15-12-. The van der Waals surface area contributed by atoms with Crippen LogP contribution in [-0.2, 0) is 4.79 Å². The van der Waals surface area contributed by atoms with Gasteiger partial charge in [-0.1, -0.05) is 25.4 Å². The van der Waals surface area contributed by atoms with Crippen LogP contribution in [0.5, 0.6) is 5.75 Å². The van der Waals surface area contributed by atoms with E-state index < -0.39 is 12.1 Å². The second kappa shape index (κ2) is 7.41. The third-order valence-corrected chi connectivity index (χ3v) is 2.72. The van der Waals surface area contributed by atoms with Gasteiger partial charge in [0.25, 0.3) is 0 Å². The van der Waals surface area contributed by atoms with E-state index >= 15 is 0 Å². The molecule has 2 N–H and O–H groups in total. The Hall–Kier alpha value is -2.04. The van der Waals surface area contributed by atoms with Gasteiger partial charge < -0.3 is 15.1 Å². The van der Waals surface area contributed by atoms with E-state index in [0.29, 0.717) is 24.3 Å². The van der Waals surface area contributed by atoms with Crippen molar-refractivity contribution in [2.24, 2.45) is 5.16 Å². The van der Waals surface area contributed by atoms with Crippen LogP contribution in [0.15, 0.2) is 29.4 Å². The molecule has 5 nitrogen and oxygen atoms in total. The summed E-state index contributed by atoms with van der Waals surface area (Å²) in [6, 6.07) is 6.88. The summed E-state index contributed by atoms with van der Waals surface area (Å²) >= 11 is 0. The predicted molar refractivity (Wildman–Crippen MR) is 72.0 cm³/mol. The number of hydrogen-bond acceptors (Lipinski definition) is 4. The molecule has 0 amide bonds. The van der Waals surface area contributed by atoms with Crippen LogP contribution >= 0.6 is 0 Å². The van der Waals surface area contributed by atoms with Crippen molar-refractivity contribution in [3.8, 4) is 5.75 Å². The van der Waals surface area contributed by atoms with Crippen molar-refractivity contribution >= 4 is 11.7 Å². The molecule has 0 aliphatic carbocycles.